The van der Waals surface area contributed by atoms with Crippen molar-refractivity contribution in [3.05, 3.63) is 56.5 Å². The third kappa shape index (κ3) is 8.16. The Kier molecular flexibility index (Phi) is 10.4. The predicted molar refractivity (Wildman–Crippen MR) is 125 cm³/mol. The van der Waals surface area contributed by atoms with Crippen molar-refractivity contribution < 1.29 is 9.47 Å². The normalized spacial score (nSPS) is 11.1. The molecule has 0 aromatic heterocycles. The first-order chi connectivity index (χ1) is 13.5. The summed E-state index contributed by atoms with van der Waals surface area (Å²) in [7, 11) is 0. The number of ether oxygens (including phenoxy) is 2. The largest absolute Gasteiger partial charge is 0.455 e. The lowest BCUT2D eigenvalue weighted by atomic mass is 10.1. The maximum Gasteiger partial charge on any atom is 0.241 e. The monoisotopic (exact) mass is 510 g/mol. The van der Waals surface area contributed by atoms with Gasteiger partial charge in [-0.2, -0.15) is 0 Å². The van der Waals surface area contributed by atoms with Crippen LogP contribution in [0.1, 0.15) is 69.4 Å². The Labute approximate surface area is 187 Å². The van der Waals surface area contributed by atoms with E-state index in [1.165, 1.54) is 38.5 Å². The molecule has 0 heterocycles. The van der Waals surface area contributed by atoms with Gasteiger partial charge >= 0.3 is 0 Å². The molecule has 0 unspecified atom stereocenters. The van der Waals surface area contributed by atoms with Crippen LogP contribution in [0.4, 0.5) is 0 Å². The van der Waals surface area contributed by atoms with Crippen LogP contribution in [-0.4, -0.2) is 6.29 Å². The summed E-state index contributed by atoms with van der Waals surface area (Å²) in [5, 5.41) is 0. The second-order valence-electron chi connectivity index (χ2n) is 7.40. The van der Waals surface area contributed by atoms with Crippen molar-refractivity contribution in [3.8, 4) is 11.5 Å². The van der Waals surface area contributed by atoms with Gasteiger partial charge < -0.3 is 9.47 Å². The van der Waals surface area contributed by atoms with Crippen molar-refractivity contribution in [2.24, 2.45) is 0 Å². The molecule has 0 spiro atoms. The molecule has 0 saturated heterocycles. The minimum Gasteiger partial charge on any atom is -0.455 e. The molecular weight excluding hydrogens is 480 g/mol. The van der Waals surface area contributed by atoms with Crippen LogP contribution in [0.25, 0.3) is 0 Å². The van der Waals surface area contributed by atoms with E-state index in [4.69, 9.17) is 9.47 Å². The molecule has 0 aliphatic carbocycles. The molecule has 2 aromatic rings. The highest BCUT2D eigenvalue weighted by atomic mass is 79.9. The molecule has 0 fully saturated rings. The van der Waals surface area contributed by atoms with Gasteiger partial charge in [-0.3, -0.25) is 0 Å². The molecule has 0 aliphatic rings. The fourth-order valence-electron chi connectivity index (χ4n) is 3.09. The van der Waals surface area contributed by atoms with E-state index in [0.29, 0.717) is 0 Å². The maximum absolute atomic E-state index is 6.21. The van der Waals surface area contributed by atoms with Crippen molar-refractivity contribution in [1.29, 1.82) is 0 Å². The summed E-state index contributed by atoms with van der Waals surface area (Å²) in [6, 6.07) is 12.1. The highest BCUT2D eigenvalue weighted by molar-refractivity contribution is 9.10. The number of aryl methyl sites for hydroxylation is 2. The average Bonchev–Trinajstić information content (AvgIpc) is 2.67. The molecule has 2 rings (SSSR count). The van der Waals surface area contributed by atoms with Gasteiger partial charge in [-0.15, -0.1) is 0 Å². The van der Waals surface area contributed by atoms with E-state index < -0.39 is 0 Å². The molecule has 0 aliphatic heterocycles. The van der Waals surface area contributed by atoms with E-state index >= 15 is 0 Å². The molecule has 2 aromatic carbocycles. The molecule has 0 bridgehead atoms. The van der Waals surface area contributed by atoms with Crippen molar-refractivity contribution in [2.75, 3.05) is 0 Å². The third-order valence-corrected chi connectivity index (χ3v) is 6.62. The number of halogens is 2. The predicted octanol–water partition coefficient (Wildman–Crippen LogP) is 8.75. The Balaban J connectivity index is 1.95. The van der Waals surface area contributed by atoms with Crippen molar-refractivity contribution in [1.82, 2.24) is 0 Å². The van der Waals surface area contributed by atoms with Crippen LogP contribution in [0.5, 0.6) is 11.5 Å². The number of benzene rings is 2. The molecule has 0 amide bonds. The van der Waals surface area contributed by atoms with Crippen molar-refractivity contribution >= 4 is 31.9 Å². The summed E-state index contributed by atoms with van der Waals surface area (Å²) in [6.45, 7) is 6.40. The first-order valence-corrected chi connectivity index (χ1v) is 11.9. The first-order valence-electron chi connectivity index (χ1n) is 10.3. The highest BCUT2D eigenvalue weighted by Crippen LogP contribution is 2.26. The van der Waals surface area contributed by atoms with Crippen molar-refractivity contribution in [2.45, 2.75) is 78.4 Å². The Hall–Kier alpha value is -1.00. The van der Waals surface area contributed by atoms with Gasteiger partial charge in [0.1, 0.15) is 11.5 Å². The second kappa shape index (κ2) is 12.5. The van der Waals surface area contributed by atoms with E-state index in [0.717, 1.165) is 44.4 Å². The Bertz CT molecular complexity index is 677. The quantitative estimate of drug-likeness (QED) is 0.209. The van der Waals surface area contributed by atoms with Gasteiger partial charge in [0, 0.05) is 15.4 Å². The summed E-state index contributed by atoms with van der Waals surface area (Å²) >= 11 is 7.10. The lowest BCUT2D eigenvalue weighted by molar-refractivity contribution is -0.00253. The topological polar surface area (TPSA) is 18.5 Å². The van der Waals surface area contributed by atoms with Crippen LogP contribution in [0.2, 0.25) is 0 Å². The van der Waals surface area contributed by atoms with Crippen LogP contribution in [0.15, 0.2) is 45.3 Å². The number of hydrogen-bond donors (Lipinski definition) is 0. The molecule has 2 nitrogen and oxygen atoms in total. The van der Waals surface area contributed by atoms with Crippen LogP contribution in [0.3, 0.4) is 0 Å². The van der Waals surface area contributed by atoms with Gasteiger partial charge in [-0.25, -0.2) is 0 Å². The first kappa shape index (κ1) is 23.3. The van der Waals surface area contributed by atoms with Gasteiger partial charge in [0.15, 0.2) is 0 Å². The van der Waals surface area contributed by atoms with Crippen LogP contribution < -0.4 is 9.47 Å². The van der Waals surface area contributed by atoms with E-state index in [-0.39, 0.29) is 6.29 Å². The van der Waals surface area contributed by atoms with E-state index in [2.05, 4.69) is 64.8 Å². The lowest BCUT2D eigenvalue weighted by Crippen LogP contribution is -2.24. The SMILES string of the molecule is CCCCCCCCCC(Oc1ccc(Br)c(C)c1)Oc1ccc(Br)c(C)c1. The number of hydrogen-bond acceptors (Lipinski definition) is 2. The van der Waals surface area contributed by atoms with Gasteiger partial charge in [0.25, 0.3) is 0 Å². The minimum absolute atomic E-state index is 0.281. The summed E-state index contributed by atoms with van der Waals surface area (Å²) in [5.74, 6) is 1.70. The standard InChI is InChI=1S/C24H32Br2O2/c1-4-5-6-7-8-9-10-11-24(27-20-12-14-22(25)18(2)16-20)28-21-13-15-23(26)19(3)17-21/h12-17,24H,4-11H2,1-3H3. The maximum atomic E-state index is 6.21. The average molecular weight is 512 g/mol. The van der Waals surface area contributed by atoms with E-state index in [1.54, 1.807) is 0 Å². The minimum atomic E-state index is -0.281. The van der Waals surface area contributed by atoms with Gasteiger partial charge in [0.05, 0.1) is 0 Å². The summed E-state index contributed by atoms with van der Waals surface area (Å²) in [4.78, 5) is 0. The molecule has 154 valence electrons. The lowest BCUT2D eigenvalue weighted by Gasteiger charge is -2.21. The van der Waals surface area contributed by atoms with Crippen molar-refractivity contribution in [3.63, 3.8) is 0 Å². The molecule has 0 radical (unpaired) electrons. The fourth-order valence-corrected chi connectivity index (χ4v) is 3.59. The van der Waals surface area contributed by atoms with Gasteiger partial charge in [-0.1, -0.05) is 77.3 Å². The Morgan fingerprint density at radius 2 is 1.18 bits per heavy atom. The van der Waals surface area contributed by atoms with Crippen LogP contribution in [-0.2, 0) is 0 Å². The summed E-state index contributed by atoms with van der Waals surface area (Å²) in [6.07, 6.45) is 9.56. The third-order valence-electron chi connectivity index (χ3n) is 4.84. The molecule has 0 N–H and O–H groups in total. The highest BCUT2D eigenvalue weighted by Gasteiger charge is 2.14. The van der Waals surface area contributed by atoms with Crippen LogP contribution >= 0.6 is 31.9 Å². The van der Waals surface area contributed by atoms with E-state index in [9.17, 15) is 0 Å². The Morgan fingerprint density at radius 1 is 0.714 bits per heavy atom. The fraction of sp³-hybridized carbons (Fsp3) is 0.500. The van der Waals surface area contributed by atoms with Gasteiger partial charge in [-0.05, 0) is 67.8 Å². The zero-order chi connectivity index (χ0) is 20.4. The number of unbranched alkanes of at least 4 members (excludes halogenated alkanes) is 6. The zero-order valence-corrected chi connectivity index (χ0v) is 20.4. The smallest absolute Gasteiger partial charge is 0.241 e. The van der Waals surface area contributed by atoms with Crippen LogP contribution in [0, 0.1) is 13.8 Å². The second-order valence-corrected chi connectivity index (χ2v) is 9.11. The molecule has 4 heteroatoms. The molecule has 0 atom stereocenters. The number of rotatable bonds is 12. The molecule has 28 heavy (non-hydrogen) atoms. The molecular formula is C24H32Br2O2. The summed E-state index contributed by atoms with van der Waals surface area (Å²) < 4.78 is 14.6. The zero-order valence-electron chi connectivity index (χ0n) is 17.3. The van der Waals surface area contributed by atoms with Gasteiger partial charge in [0.2, 0.25) is 6.29 Å². The Morgan fingerprint density at radius 3 is 1.64 bits per heavy atom. The summed E-state index contributed by atoms with van der Waals surface area (Å²) in [5.41, 5.74) is 2.32. The molecule has 0 saturated carbocycles. The van der Waals surface area contributed by atoms with E-state index in [1.807, 2.05) is 24.3 Å².